The van der Waals surface area contributed by atoms with Crippen LogP contribution in [0.1, 0.15) is 31.4 Å². The Hall–Kier alpha value is -2.82. The Bertz CT molecular complexity index is 756. The summed E-state index contributed by atoms with van der Waals surface area (Å²) in [5.41, 5.74) is 2.96. The first-order valence-corrected chi connectivity index (χ1v) is 9.38. The van der Waals surface area contributed by atoms with Gasteiger partial charge in [-0.2, -0.15) is 0 Å². The smallest absolute Gasteiger partial charge is 0.260 e. The number of amides is 2. The number of nitrogens with zero attached hydrogens (tertiary/aromatic N) is 1. The quantitative estimate of drug-likeness (QED) is 0.732. The SMILES string of the molecule is CCCN(CC(=O)Nc1ccccc1C)C(=O)COc1ccc(CC)cc1. The molecule has 0 radical (unpaired) electrons. The van der Waals surface area contributed by atoms with Gasteiger partial charge in [-0.1, -0.05) is 44.2 Å². The molecule has 0 aliphatic carbocycles. The van der Waals surface area contributed by atoms with Gasteiger partial charge in [0.15, 0.2) is 6.61 Å². The van der Waals surface area contributed by atoms with Gasteiger partial charge in [0.05, 0.1) is 6.54 Å². The minimum Gasteiger partial charge on any atom is -0.484 e. The number of benzene rings is 2. The highest BCUT2D eigenvalue weighted by Crippen LogP contribution is 2.14. The molecule has 0 aromatic heterocycles. The van der Waals surface area contributed by atoms with Crippen LogP contribution in [0.15, 0.2) is 48.5 Å². The van der Waals surface area contributed by atoms with Gasteiger partial charge in [0.1, 0.15) is 5.75 Å². The number of carbonyl (C=O) groups excluding carboxylic acids is 2. The average molecular weight is 368 g/mol. The van der Waals surface area contributed by atoms with Crippen LogP contribution < -0.4 is 10.1 Å². The molecule has 0 bridgehead atoms. The summed E-state index contributed by atoms with van der Waals surface area (Å²) in [6.07, 6.45) is 1.73. The molecule has 0 spiro atoms. The van der Waals surface area contributed by atoms with Gasteiger partial charge in [-0.15, -0.1) is 0 Å². The summed E-state index contributed by atoms with van der Waals surface area (Å²) in [7, 11) is 0. The van der Waals surface area contributed by atoms with Crippen LogP contribution in [0, 0.1) is 6.92 Å². The molecule has 2 aromatic rings. The first-order valence-electron chi connectivity index (χ1n) is 9.38. The van der Waals surface area contributed by atoms with Crippen LogP contribution in [0.25, 0.3) is 0 Å². The second-order valence-corrected chi connectivity index (χ2v) is 6.46. The molecule has 0 fully saturated rings. The van der Waals surface area contributed by atoms with Gasteiger partial charge in [0.2, 0.25) is 5.91 Å². The highest BCUT2D eigenvalue weighted by atomic mass is 16.5. The van der Waals surface area contributed by atoms with Crippen molar-refractivity contribution in [1.82, 2.24) is 4.90 Å². The van der Waals surface area contributed by atoms with E-state index >= 15 is 0 Å². The highest BCUT2D eigenvalue weighted by molar-refractivity contribution is 5.95. The van der Waals surface area contributed by atoms with E-state index in [1.54, 1.807) is 0 Å². The van der Waals surface area contributed by atoms with E-state index in [2.05, 4.69) is 12.2 Å². The second kappa shape index (κ2) is 10.4. The van der Waals surface area contributed by atoms with E-state index in [1.807, 2.05) is 62.4 Å². The van der Waals surface area contributed by atoms with Crippen molar-refractivity contribution in [3.8, 4) is 5.75 Å². The maximum absolute atomic E-state index is 12.5. The van der Waals surface area contributed by atoms with E-state index in [-0.39, 0.29) is 25.0 Å². The van der Waals surface area contributed by atoms with Crippen molar-refractivity contribution in [3.05, 3.63) is 59.7 Å². The van der Waals surface area contributed by atoms with E-state index in [0.717, 1.165) is 24.1 Å². The number of hydrogen-bond acceptors (Lipinski definition) is 3. The van der Waals surface area contributed by atoms with Gasteiger partial charge < -0.3 is 15.0 Å². The monoisotopic (exact) mass is 368 g/mol. The zero-order valence-electron chi connectivity index (χ0n) is 16.3. The fraction of sp³-hybridized carbons (Fsp3) is 0.364. The van der Waals surface area contributed by atoms with Crippen LogP contribution in [0.4, 0.5) is 5.69 Å². The summed E-state index contributed by atoms with van der Waals surface area (Å²) in [4.78, 5) is 26.4. The lowest BCUT2D eigenvalue weighted by molar-refractivity contribution is -0.136. The fourth-order valence-corrected chi connectivity index (χ4v) is 2.70. The van der Waals surface area contributed by atoms with E-state index in [1.165, 1.54) is 10.5 Å². The van der Waals surface area contributed by atoms with E-state index < -0.39 is 0 Å². The summed E-state index contributed by atoms with van der Waals surface area (Å²) in [5, 5.41) is 2.87. The molecule has 0 aliphatic heterocycles. The molecular weight excluding hydrogens is 340 g/mol. The molecule has 0 aliphatic rings. The number of para-hydroxylation sites is 1. The molecular formula is C22H28N2O3. The van der Waals surface area contributed by atoms with Crippen LogP contribution in [-0.2, 0) is 16.0 Å². The van der Waals surface area contributed by atoms with E-state index in [4.69, 9.17) is 4.74 Å². The molecule has 2 amide bonds. The molecule has 2 aromatic carbocycles. The molecule has 0 saturated heterocycles. The molecule has 5 heteroatoms. The molecule has 0 saturated carbocycles. The standard InChI is InChI=1S/C22H28N2O3/c1-4-14-24(15-21(25)23-20-9-7-6-8-17(20)3)22(26)16-27-19-12-10-18(5-2)11-13-19/h6-13H,4-5,14-16H2,1-3H3,(H,23,25). The Morgan fingerprint density at radius 3 is 2.37 bits per heavy atom. The molecule has 0 heterocycles. The summed E-state index contributed by atoms with van der Waals surface area (Å²) < 4.78 is 5.59. The third kappa shape index (κ3) is 6.44. The third-order valence-electron chi connectivity index (χ3n) is 4.29. The van der Waals surface area contributed by atoms with E-state index in [0.29, 0.717) is 12.3 Å². The number of anilines is 1. The predicted octanol–water partition coefficient (Wildman–Crippen LogP) is 3.81. The zero-order valence-corrected chi connectivity index (χ0v) is 16.3. The van der Waals surface area contributed by atoms with Crippen molar-refractivity contribution in [2.75, 3.05) is 25.0 Å². The number of nitrogens with one attached hydrogen (secondary N) is 1. The van der Waals surface area contributed by atoms with Crippen molar-refractivity contribution in [2.24, 2.45) is 0 Å². The summed E-state index contributed by atoms with van der Waals surface area (Å²) in [6.45, 7) is 6.44. The molecule has 27 heavy (non-hydrogen) atoms. The van der Waals surface area contributed by atoms with Crippen molar-refractivity contribution in [1.29, 1.82) is 0 Å². The maximum Gasteiger partial charge on any atom is 0.260 e. The minimum atomic E-state index is -0.210. The lowest BCUT2D eigenvalue weighted by Crippen LogP contribution is -2.41. The zero-order chi connectivity index (χ0) is 19.6. The Labute approximate surface area is 161 Å². The third-order valence-corrected chi connectivity index (χ3v) is 4.29. The summed E-state index contributed by atoms with van der Waals surface area (Å²) in [5.74, 6) is 0.246. The molecule has 144 valence electrons. The van der Waals surface area contributed by atoms with Crippen LogP contribution >= 0.6 is 0 Å². The normalized spacial score (nSPS) is 10.3. The highest BCUT2D eigenvalue weighted by Gasteiger charge is 2.17. The second-order valence-electron chi connectivity index (χ2n) is 6.46. The van der Waals surface area contributed by atoms with Gasteiger partial charge in [0, 0.05) is 12.2 Å². The molecule has 1 N–H and O–H groups in total. The summed E-state index contributed by atoms with van der Waals surface area (Å²) in [6, 6.07) is 15.3. The van der Waals surface area contributed by atoms with Gasteiger partial charge in [-0.05, 0) is 49.1 Å². The van der Waals surface area contributed by atoms with Crippen molar-refractivity contribution in [2.45, 2.75) is 33.6 Å². The minimum absolute atomic E-state index is 0.0130. The van der Waals surface area contributed by atoms with Crippen molar-refractivity contribution < 1.29 is 14.3 Å². The van der Waals surface area contributed by atoms with Crippen LogP contribution in [0.2, 0.25) is 0 Å². The topological polar surface area (TPSA) is 58.6 Å². The number of hydrogen-bond donors (Lipinski definition) is 1. The molecule has 5 nitrogen and oxygen atoms in total. The fourth-order valence-electron chi connectivity index (χ4n) is 2.70. The van der Waals surface area contributed by atoms with Gasteiger partial charge in [-0.3, -0.25) is 9.59 Å². The lowest BCUT2D eigenvalue weighted by atomic mass is 10.2. The predicted molar refractivity (Wildman–Crippen MR) is 108 cm³/mol. The van der Waals surface area contributed by atoms with Crippen LogP contribution in [0.3, 0.4) is 0 Å². The Morgan fingerprint density at radius 2 is 1.74 bits per heavy atom. The summed E-state index contributed by atoms with van der Waals surface area (Å²) >= 11 is 0. The Morgan fingerprint density at radius 1 is 1.04 bits per heavy atom. The van der Waals surface area contributed by atoms with Crippen molar-refractivity contribution >= 4 is 17.5 Å². The van der Waals surface area contributed by atoms with Crippen LogP contribution in [0.5, 0.6) is 5.75 Å². The first-order chi connectivity index (χ1) is 13.0. The number of aryl methyl sites for hydroxylation is 2. The number of ether oxygens (including phenoxy) is 1. The van der Waals surface area contributed by atoms with Crippen molar-refractivity contribution in [3.63, 3.8) is 0 Å². The largest absolute Gasteiger partial charge is 0.484 e. The van der Waals surface area contributed by atoms with Crippen LogP contribution in [-0.4, -0.2) is 36.4 Å². The maximum atomic E-state index is 12.5. The van der Waals surface area contributed by atoms with Gasteiger partial charge in [0.25, 0.3) is 5.91 Å². The van der Waals surface area contributed by atoms with Gasteiger partial charge >= 0.3 is 0 Å². The number of rotatable bonds is 9. The Kier molecular flexibility index (Phi) is 7.86. The molecule has 0 unspecified atom stereocenters. The Balaban J connectivity index is 1.91. The lowest BCUT2D eigenvalue weighted by Gasteiger charge is -2.22. The van der Waals surface area contributed by atoms with Gasteiger partial charge in [-0.25, -0.2) is 0 Å². The van der Waals surface area contributed by atoms with E-state index in [9.17, 15) is 9.59 Å². The first kappa shape index (κ1) is 20.5. The average Bonchev–Trinajstić information content (AvgIpc) is 2.68. The molecule has 0 atom stereocenters. The molecule has 2 rings (SSSR count). The number of carbonyl (C=O) groups is 2.